The average Bonchev–Trinajstić information content (AvgIpc) is 3.51. The molecule has 2 heterocycles. The summed E-state index contributed by atoms with van der Waals surface area (Å²) in [5, 5.41) is 4.47. The maximum atomic E-state index is 13.7. The highest BCUT2D eigenvalue weighted by Gasteiger charge is 2.25. The van der Waals surface area contributed by atoms with Crippen LogP contribution in [0.25, 0.3) is 11.1 Å². The number of ether oxygens (including phenoxy) is 2. The van der Waals surface area contributed by atoms with E-state index >= 15 is 0 Å². The zero-order valence-electron chi connectivity index (χ0n) is 19.4. The Morgan fingerprint density at radius 1 is 0.941 bits per heavy atom. The van der Waals surface area contributed by atoms with Gasteiger partial charge in [0.15, 0.2) is 11.5 Å². The Labute approximate surface area is 199 Å². The van der Waals surface area contributed by atoms with Crippen LogP contribution in [0.15, 0.2) is 78.9 Å². The minimum atomic E-state index is -0.0638. The van der Waals surface area contributed by atoms with Crippen molar-refractivity contribution in [3.8, 4) is 22.6 Å². The first kappa shape index (κ1) is 21.8. The quantitative estimate of drug-likeness (QED) is 0.373. The van der Waals surface area contributed by atoms with E-state index in [-0.39, 0.29) is 12.7 Å². The van der Waals surface area contributed by atoms with E-state index in [1.165, 1.54) is 5.56 Å². The van der Waals surface area contributed by atoms with Gasteiger partial charge in [0.1, 0.15) is 5.69 Å². The number of carbonyl (C=O) groups is 1. The van der Waals surface area contributed by atoms with Crippen LogP contribution in [0, 0.1) is 6.92 Å². The lowest BCUT2D eigenvalue weighted by atomic mass is 10.0. The van der Waals surface area contributed by atoms with Crippen LogP contribution in [0.3, 0.4) is 0 Å². The van der Waals surface area contributed by atoms with Gasteiger partial charge in [-0.3, -0.25) is 9.48 Å². The molecular formula is C28H27N3O3. The van der Waals surface area contributed by atoms with E-state index in [4.69, 9.17) is 9.47 Å². The molecule has 0 aliphatic carbocycles. The van der Waals surface area contributed by atoms with E-state index < -0.39 is 0 Å². The van der Waals surface area contributed by atoms with Crippen LogP contribution in [0.2, 0.25) is 0 Å². The minimum Gasteiger partial charge on any atom is -0.454 e. The van der Waals surface area contributed by atoms with Gasteiger partial charge in [-0.05, 0) is 42.7 Å². The Balaban J connectivity index is 1.45. The fourth-order valence-electron chi connectivity index (χ4n) is 4.29. The third-order valence-electron chi connectivity index (χ3n) is 5.98. The highest BCUT2D eigenvalue weighted by Crippen LogP contribution is 2.36. The van der Waals surface area contributed by atoms with E-state index in [9.17, 15) is 4.79 Å². The summed E-state index contributed by atoms with van der Waals surface area (Å²) in [4.78, 5) is 15.6. The van der Waals surface area contributed by atoms with Crippen molar-refractivity contribution in [3.05, 3.63) is 101 Å². The van der Waals surface area contributed by atoms with Crippen molar-refractivity contribution in [2.75, 3.05) is 6.79 Å². The van der Waals surface area contributed by atoms with Crippen LogP contribution in [-0.4, -0.2) is 27.4 Å². The van der Waals surface area contributed by atoms with Crippen LogP contribution in [0.4, 0.5) is 0 Å². The summed E-state index contributed by atoms with van der Waals surface area (Å²) in [7, 11) is 0. The summed E-state index contributed by atoms with van der Waals surface area (Å²) < 4.78 is 13.0. The number of amides is 1. The molecule has 1 aliphatic heterocycles. The number of aryl methyl sites for hydroxylation is 2. The van der Waals surface area contributed by atoms with Gasteiger partial charge in [0.25, 0.3) is 5.91 Å². The molecule has 34 heavy (non-hydrogen) atoms. The number of hydrogen-bond donors (Lipinski definition) is 0. The Morgan fingerprint density at radius 2 is 1.71 bits per heavy atom. The van der Waals surface area contributed by atoms with Crippen LogP contribution < -0.4 is 9.47 Å². The molecule has 5 rings (SSSR count). The molecule has 0 N–H and O–H groups in total. The SMILES string of the molecule is CCn1nc(C)cc1C(=O)N(Cc1ccc(-c2ccccc2)cc1)Cc1cccc2c1OCO2. The van der Waals surface area contributed by atoms with Gasteiger partial charge >= 0.3 is 0 Å². The molecule has 6 nitrogen and oxygen atoms in total. The van der Waals surface area contributed by atoms with Crippen molar-refractivity contribution >= 4 is 5.91 Å². The van der Waals surface area contributed by atoms with Gasteiger partial charge < -0.3 is 14.4 Å². The topological polar surface area (TPSA) is 56.6 Å². The Bertz CT molecular complexity index is 1300. The minimum absolute atomic E-state index is 0.0638. The van der Waals surface area contributed by atoms with Crippen molar-refractivity contribution < 1.29 is 14.3 Å². The first-order valence-electron chi connectivity index (χ1n) is 11.5. The molecule has 172 valence electrons. The number of hydrogen-bond acceptors (Lipinski definition) is 4. The number of para-hydroxylation sites is 1. The van der Waals surface area contributed by atoms with Gasteiger partial charge in [-0.2, -0.15) is 5.10 Å². The number of benzene rings is 3. The molecule has 0 saturated heterocycles. The largest absolute Gasteiger partial charge is 0.454 e. The molecule has 6 heteroatoms. The molecule has 1 aliphatic rings. The summed E-state index contributed by atoms with van der Waals surface area (Å²) in [6.07, 6.45) is 0. The van der Waals surface area contributed by atoms with Crippen LogP contribution in [-0.2, 0) is 19.6 Å². The van der Waals surface area contributed by atoms with E-state index in [0.717, 1.165) is 22.4 Å². The summed E-state index contributed by atoms with van der Waals surface area (Å²) >= 11 is 0. The zero-order valence-corrected chi connectivity index (χ0v) is 19.4. The van der Waals surface area contributed by atoms with Gasteiger partial charge in [0.05, 0.1) is 12.2 Å². The van der Waals surface area contributed by atoms with E-state index in [1.807, 2.05) is 61.2 Å². The highest BCUT2D eigenvalue weighted by molar-refractivity contribution is 5.92. The van der Waals surface area contributed by atoms with Gasteiger partial charge in [-0.15, -0.1) is 0 Å². The second-order valence-corrected chi connectivity index (χ2v) is 8.36. The van der Waals surface area contributed by atoms with Crippen molar-refractivity contribution in [2.45, 2.75) is 33.5 Å². The number of fused-ring (bicyclic) bond motifs is 1. The standard InChI is InChI=1S/C28H27N3O3/c1-3-31-25(16-20(2)29-31)28(32)30(18-24-10-7-11-26-27(24)34-19-33-26)17-21-12-14-23(15-13-21)22-8-5-4-6-9-22/h4-16H,3,17-19H2,1-2H3. The van der Waals surface area contributed by atoms with E-state index in [1.54, 1.807) is 4.68 Å². The molecule has 3 aromatic carbocycles. The molecule has 0 radical (unpaired) electrons. The summed E-state index contributed by atoms with van der Waals surface area (Å²) in [5.74, 6) is 1.36. The number of rotatable bonds is 7. The third kappa shape index (κ3) is 4.39. The molecule has 0 spiro atoms. The van der Waals surface area contributed by atoms with Crippen LogP contribution >= 0.6 is 0 Å². The normalized spacial score (nSPS) is 12.1. The summed E-state index contributed by atoms with van der Waals surface area (Å²) in [5.41, 5.74) is 5.70. The Kier molecular flexibility index (Phi) is 6.04. The third-order valence-corrected chi connectivity index (χ3v) is 5.98. The smallest absolute Gasteiger partial charge is 0.272 e. The molecule has 0 saturated carbocycles. The lowest BCUT2D eigenvalue weighted by molar-refractivity contribution is 0.0716. The molecule has 0 unspecified atom stereocenters. The first-order chi connectivity index (χ1) is 16.6. The predicted molar refractivity (Wildman–Crippen MR) is 131 cm³/mol. The molecule has 1 amide bonds. The second kappa shape index (κ2) is 9.43. The van der Waals surface area contributed by atoms with E-state index in [2.05, 4.69) is 41.5 Å². The lowest BCUT2D eigenvalue weighted by Crippen LogP contribution is -2.32. The summed E-state index contributed by atoms with van der Waals surface area (Å²) in [6, 6.07) is 26.3. The zero-order chi connectivity index (χ0) is 23.5. The van der Waals surface area contributed by atoms with Crippen LogP contribution in [0.5, 0.6) is 11.5 Å². The van der Waals surface area contributed by atoms with Crippen molar-refractivity contribution in [1.82, 2.24) is 14.7 Å². The molecule has 0 fully saturated rings. The summed E-state index contributed by atoms with van der Waals surface area (Å²) in [6.45, 7) is 5.59. The van der Waals surface area contributed by atoms with E-state index in [0.29, 0.717) is 36.8 Å². The number of carbonyl (C=O) groups excluding carboxylic acids is 1. The second-order valence-electron chi connectivity index (χ2n) is 8.36. The van der Waals surface area contributed by atoms with Gasteiger partial charge in [0.2, 0.25) is 6.79 Å². The molecule has 0 atom stereocenters. The van der Waals surface area contributed by atoms with Gasteiger partial charge in [-0.1, -0.05) is 66.7 Å². The maximum Gasteiger partial charge on any atom is 0.272 e. The van der Waals surface area contributed by atoms with Crippen LogP contribution in [0.1, 0.15) is 34.2 Å². The number of aromatic nitrogens is 2. The lowest BCUT2D eigenvalue weighted by Gasteiger charge is -2.24. The van der Waals surface area contributed by atoms with Crippen molar-refractivity contribution in [1.29, 1.82) is 0 Å². The Morgan fingerprint density at radius 3 is 2.47 bits per heavy atom. The van der Waals surface area contributed by atoms with Crippen molar-refractivity contribution in [2.24, 2.45) is 0 Å². The number of nitrogens with zero attached hydrogens (tertiary/aromatic N) is 3. The fraction of sp³-hybridized carbons (Fsp3) is 0.214. The average molecular weight is 454 g/mol. The van der Waals surface area contributed by atoms with Gasteiger partial charge in [-0.25, -0.2) is 0 Å². The first-order valence-corrected chi connectivity index (χ1v) is 11.5. The molecule has 0 bridgehead atoms. The molecule has 4 aromatic rings. The monoisotopic (exact) mass is 453 g/mol. The maximum absolute atomic E-state index is 13.7. The van der Waals surface area contributed by atoms with Crippen molar-refractivity contribution in [3.63, 3.8) is 0 Å². The van der Waals surface area contributed by atoms with Gasteiger partial charge in [0, 0.05) is 18.7 Å². The molecule has 1 aromatic heterocycles. The molecular weight excluding hydrogens is 426 g/mol. The Hall–Kier alpha value is -4.06. The predicted octanol–water partition coefficient (Wildman–Crippen LogP) is 5.45. The highest BCUT2D eigenvalue weighted by atomic mass is 16.7. The fourth-order valence-corrected chi connectivity index (χ4v) is 4.29.